The summed E-state index contributed by atoms with van der Waals surface area (Å²) in [5, 5.41) is 3.60. The van der Waals surface area contributed by atoms with Crippen molar-refractivity contribution >= 4 is 6.09 Å². The lowest BCUT2D eigenvalue weighted by Gasteiger charge is -2.26. The zero-order valence-electron chi connectivity index (χ0n) is 15.7. The second-order valence-electron chi connectivity index (χ2n) is 7.80. The van der Waals surface area contributed by atoms with Crippen molar-refractivity contribution < 1.29 is 19.0 Å². The molecule has 1 aromatic carbocycles. The molecule has 2 fully saturated rings. The molecule has 0 aromatic heterocycles. The third-order valence-corrected chi connectivity index (χ3v) is 4.87. The van der Waals surface area contributed by atoms with Gasteiger partial charge in [-0.05, 0) is 38.7 Å². The minimum absolute atomic E-state index is 0.199. The van der Waals surface area contributed by atoms with E-state index < -0.39 is 5.60 Å². The van der Waals surface area contributed by atoms with Crippen LogP contribution in [0.15, 0.2) is 18.2 Å². The Balaban J connectivity index is 1.48. The summed E-state index contributed by atoms with van der Waals surface area (Å²) < 4.78 is 16.1. The maximum Gasteiger partial charge on any atom is 0.410 e. The summed E-state index contributed by atoms with van der Waals surface area (Å²) in [5.41, 5.74) is 0.671. The first-order chi connectivity index (χ1) is 11.8. The molecule has 6 heteroatoms. The number of piperidine rings is 1. The van der Waals surface area contributed by atoms with Gasteiger partial charge in [0.2, 0.25) is 0 Å². The highest BCUT2D eigenvalue weighted by molar-refractivity contribution is 5.69. The van der Waals surface area contributed by atoms with E-state index in [9.17, 15) is 4.79 Å². The van der Waals surface area contributed by atoms with E-state index in [-0.39, 0.29) is 6.09 Å². The van der Waals surface area contributed by atoms with Crippen LogP contribution in [0.2, 0.25) is 0 Å². The fraction of sp³-hybridized carbons (Fsp3) is 0.632. The van der Waals surface area contributed by atoms with E-state index >= 15 is 0 Å². The first-order valence-corrected chi connectivity index (χ1v) is 8.74. The summed E-state index contributed by atoms with van der Waals surface area (Å²) in [6, 6.07) is 6.33. The maximum atomic E-state index is 12.1. The van der Waals surface area contributed by atoms with Crippen LogP contribution in [0.4, 0.5) is 4.79 Å². The number of benzene rings is 1. The van der Waals surface area contributed by atoms with Gasteiger partial charge in [-0.2, -0.15) is 0 Å². The highest BCUT2D eigenvalue weighted by Gasteiger charge is 2.56. The number of methoxy groups -OCH3 is 2. The minimum atomic E-state index is -0.438. The van der Waals surface area contributed by atoms with E-state index in [4.69, 9.17) is 14.2 Å². The number of hydrogen-bond acceptors (Lipinski definition) is 5. The molecule has 0 bridgehead atoms. The van der Waals surface area contributed by atoms with E-state index in [0.717, 1.165) is 36.7 Å². The molecule has 1 aliphatic heterocycles. The van der Waals surface area contributed by atoms with Gasteiger partial charge in [0.15, 0.2) is 0 Å². The van der Waals surface area contributed by atoms with Crippen LogP contribution in [0.1, 0.15) is 26.3 Å². The van der Waals surface area contributed by atoms with Gasteiger partial charge in [0.05, 0.1) is 14.2 Å². The number of carbonyl (C=O) groups is 1. The van der Waals surface area contributed by atoms with Gasteiger partial charge in [0, 0.05) is 37.3 Å². The third-order valence-electron chi connectivity index (χ3n) is 4.87. The van der Waals surface area contributed by atoms with Crippen molar-refractivity contribution in [1.29, 1.82) is 0 Å². The molecule has 1 N–H and O–H groups in total. The number of nitrogens with one attached hydrogen (secondary N) is 1. The lowest BCUT2D eigenvalue weighted by atomic mass is 10.2. The Hall–Kier alpha value is -1.95. The van der Waals surface area contributed by atoms with Gasteiger partial charge < -0.3 is 24.4 Å². The molecule has 138 valence electrons. The van der Waals surface area contributed by atoms with E-state index in [1.54, 1.807) is 14.2 Å². The highest BCUT2D eigenvalue weighted by Crippen LogP contribution is 2.46. The van der Waals surface area contributed by atoms with E-state index in [1.165, 1.54) is 0 Å². The molecule has 1 saturated heterocycles. The standard InChI is InChI=1S/C19H28N2O4/c1-19(2,3)25-18(22)21-10-14-15(11-21)17(14)20-9-12-6-7-13(23-4)8-16(12)24-5/h6-8,14-15,17,20H,9-11H2,1-5H3. The molecule has 0 radical (unpaired) electrons. The van der Waals surface area contributed by atoms with Crippen molar-refractivity contribution in [2.45, 2.75) is 39.0 Å². The van der Waals surface area contributed by atoms with Crippen molar-refractivity contribution in [2.24, 2.45) is 11.8 Å². The van der Waals surface area contributed by atoms with Crippen molar-refractivity contribution in [3.05, 3.63) is 23.8 Å². The number of hydrogen-bond donors (Lipinski definition) is 1. The van der Waals surface area contributed by atoms with Crippen LogP contribution in [0.5, 0.6) is 11.5 Å². The maximum absolute atomic E-state index is 12.1. The molecule has 2 aliphatic rings. The number of rotatable bonds is 5. The predicted octanol–water partition coefficient (Wildman–Crippen LogP) is 2.66. The fourth-order valence-electron chi connectivity index (χ4n) is 3.53. The van der Waals surface area contributed by atoms with Crippen LogP contribution in [-0.4, -0.2) is 49.9 Å². The largest absolute Gasteiger partial charge is 0.497 e. The van der Waals surface area contributed by atoms with Crippen LogP contribution < -0.4 is 14.8 Å². The lowest BCUT2D eigenvalue weighted by Crippen LogP contribution is -2.39. The Morgan fingerprint density at radius 3 is 2.44 bits per heavy atom. The van der Waals surface area contributed by atoms with Crippen molar-refractivity contribution in [2.75, 3.05) is 27.3 Å². The van der Waals surface area contributed by atoms with Gasteiger partial charge in [-0.3, -0.25) is 0 Å². The van der Waals surface area contributed by atoms with E-state index in [2.05, 4.69) is 5.32 Å². The molecule has 1 heterocycles. The Morgan fingerprint density at radius 1 is 1.20 bits per heavy atom. The molecule has 25 heavy (non-hydrogen) atoms. The lowest BCUT2D eigenvalue weighted by molar-refractivity contribution is 0.0269. The first-order valence-electron chi connectivity index (χ1n) is 8.74. The molecule has 1 saturated carbocycles. The monoisotopic (exact) mass is 348 g/mol. The number of ether oxygens (including phenoxy) is 3. The van der Waals surface area contributed by atoms with Crippen molar-refractivity contribution in [1.82, 2.24) is 10.2 Å². The smallest absolute Gasteiger partial charge is 0.410 e. The van der Waals surface area contributed by atoms with Gasteiger partial charge in [0.25, 0.3) is 0 Å². The molecule has 2 atom stereocenters. The molecule has 6 nitrogen and oxygen atoms in total. The number of nitrogens with zero attached hydrogens (tertiary/aromatic N) is 1. The van der Waals surface area contributed by atoms with Gasteiger partial charge in [-0.1, -0.05) is 6.07 Å². The number of fused-ring (bicyclic) bond motifs is 1. The summed E-state index contributed by atoms with van der Waals surface area (Å²) in [4.78, 5) is 13.9. The van der Waals surface area contributed by atoms with Crippen LogP contribution >= 0.6 is 0 Å². The Morgan fingerprint density at radius 2 is 1.88 bits per heavy atom. The van der Waals surface area contributed by atoms with Crippen LogP contribution in [0.3, 0.4) is 0 Å². The zero-order chi connectivity index (χ0) is 18.2. The normalized spacial score (nSPS) is 24.7. The molecular weight excluding hydrogens is 320 g/mol. The molecule has 3 rings (SSSR count). The number of amides is 1. The SMILES string of the molecule is COc1ccc(CNC2C3CN(C(=O)OC(C)(C)C)CC32)c(OC)c1. The first kappa shape index (κ1) is 17.9. The van der Waals surface area contributed by atoms with E-state index in [0.29, 0.717) is 17.9 Å². The Labute approximate surface area is 149 Å². The zero-order valence-corrected chi connectivity index (χ0v) is 15.7. The molecule has 0 spiro atoms. The van der Waals surface area contributed by atoms with Gasteiger partial charge in [0.1, 0.15) is 17.1 Å². The van der Waals surface area contributed by atoms with Gasteiger partial charge >= 0.3 is 6.09 Å². The molecule has 1 aliphatic carbocycles. The topological polar surface area (TPSA) is 60.0 Å². The van der Waals surface area contributed by atoms with Crippen LogP contribution in [0, 0.1) is 11.8 Å². The van der Waals surface area contributed by atoms with Crippen molar-refractivity contribution in [3.8, 4) is 11.5 Å². The average Bonchev–Trinajstić information content (AvgIpc) is 3.00. The quantitative estimate of drug-likeness (QED) is 0.886. The number of likely N-dealkylation sites (tertiary alicyclic amines) is 1. The molecular formula is C19H28N2O4. The summed E-state index contributed by atoms with van der Waals surface area (Å²) in [6.07, 6.45) is -0.199. The second kappa shape index (κ2) is 6.75. The third kappa shape index (κ3) is 4.00. The molecule has 1 aromatic rings. The van der Waals surface area contributed by atoms with Gasteiger partial charge in [-0.25, -0.2) is 4.79 Å². The highest BCUT2D eigenvalue weighted by atomic mass is 16.6. The Bertz CT molecular complexity index is 629. The summed E-state index contributed by atoms with van der Waals surface area (Å²) >= 11 is 0. The van der Waals surface area contributed by atoms with Crippen LogP contribution in [-0.2, 0) is 11.3 Å². The molecule has 2 unspecified atom stereocenters. The predicted molar refractivity (Wildman–Crippen MR) is 95.0 cm³/mol. The minimum Gasteiger partial charge on any atom is -0.497 e. The van der Waals surface area contributed by atoms with Crippen LogP contribution in [0.25, 0.3) is 0 Å². The van der Waals surface area contributed by atoms with E-state index in [1.807, 2.05) is 43.9 Å². The van der Waals surface area contributed by atoms with Crippen molar-refractivity contribution in [3.63, 3.8) is 0 Å². The Kier molecular flexibility index (Phi) is 4.82. The average molecular weight is 348 g/mol. The number of carbonyl (C=O) groups excluding carboxylic acids is 1. The second-order valence-corrected chi connectivity index (χ2v) is 7.80. The molecule has 1 amide bonds. The van der Waals surface area contributed by atoms with Gasteiger partial charge in [-0.15, -0.1) is 0 Å². The summed E-state index contributed by atoms with van der Waals surface area (Å²) in [6.45, 7) is 7.99. The summed E-state index contributed by atoms with van der Waals surface area (Å²) in [7, 11) is 3.32. The summed E-state index contributed by atoms with van der Waals surface area (Å²) in [5.74, 6) is 2.67. The fourth-order valence-corrected chi connectivity index (χ4v) is 3.53.